The van der Waals surface area contributed by atoms with Crippen molar-refractivity contribution in [3.05, 3.63) is 59.7 Å². The summed E-state index contributed by atoms with van der Waals surface area (Å²) in [6.07, 6.45) is -2.79. The molecule has 10 nitrogen and oxygen atoms in total. The van der Waals surface area contributed by atoms with Crippen molar-refractivity contribution in [2.75, 3.05) is 6.61 Å². The number of fused-ring (bicyclic) bond motifs is 3. The van der Waals surface area contributed by atoms with Crippen LogP contribution < -0.4 is 0 Å². The van der Waals surface area contributed by atoms with Gasteiger partial charge in [0.1, 0.15) is 30.0 Å². The minimum absolute atomic E-state index is 0.102. The number of epoxide rings is 1. The SMILES string of the molecule is C=C(C)[C@@]12OC3(c4ccccc4)O[C@@H]1[C@@H]1[C@@H]4O[C@]4(CO)[C@@H](O)[C@]4(O)C(=O)C(C)=C[C@H]4[C@@]1(O3)[C@H](C)[C@H]2OC(=O)CC. The lowest BCUT2D eigenvalue weighted by molar-refractivity contribution is -0.440. The summed E-state index contributed by atoms with van der Waals surface area (Å²) in [4.78, 5) is 26.6. The van der Waals surface area contributed by atoms with Gasteiger partial charge in [-0.3, -0.25) is 9.59 Å². The van der Waals surface area contributed by atoms with E-state index >= 15 is 0 Å². The molecule has 0 amide bonds. The lowest BCUT2D eigenvalue weighted by Crippen LogP contribution is -2.76. The Hall–Kier alpha value is -2.44. The highest BCUT2D eigenvalue weighted by Gasteiger charge is 2.90. The molecule has 6 aliphatic rings. The van der Waals surface area contributed by atoms with Crippen LogP contribution in [-0.4, -0.2) is 80.5 Å². The smallest absolute Gasteiger partial charge is 0.314 e. The lowest BCUT2D eigenvalue weighted by atomic mass is 9.53. The zero-order valence-electron chi connectivity index (χ0n) is 22.8. The number of ether oxygens (including phenoxy) is 5. The molecule has 3 N–H and O–H groups in total. The third kappa shape index (κ3) is 2.65. The van der Waals surface area contributed by atoms with Gasteiger partial charge >= 0.3 is 11.9 Å². The van der Waals surface area contributed by atoms with E-state index in [0.29, 0.717) is 11.1 Å². The molecule has 5 fully saturated rings. The highest BCUT2D eigenvalue weighted by Crippen LogP contribution is 2.74. The van der Waals surface area contributed by atoms with Crippen molar-refractivity contribution in [1.29, 1.82) is 0 Å². The highest BCUT2D eigenvalue weighted by molar-refractivity contribution is 6.05. The summed E-state index contributed by atoms with van der Waals surface area (Å²) in [5.41, 5.74) is -5.64. The van der Waals surface area contributed by atoms with Crippen molar-refractivity contribution >= 4 is 11.8 Å². The van der Waals surface area contributed by atoms with Gasteiger partial charge in [0.05, 0.1) is 12.2 Å². The summed E-state index contributed by atoms with van der Waals surface area (Å²) < 4.78 is 32.8. The van der Waals surface area contributed by atoms with Gasteiger partial charge in [-0.2, -0.15) is 0 Å². The largest absolute Gasteiger partial charge is 0.458 e. The van der Waals surface area contributed by atoms with E-state index in [1.807, 2.05) is 25.1 Å². The minimum Gasteiger partial charge on any atom is -0.458 e. The van der Waals surface area contributed by atoms with E-state index < -0.39 is 88.9 Å². The maximum Gasteiger partial charge on any atom is 0.314 e. The fourth-order valence-corrected chi connectivity index (χ4v) is 8.53. The number of ketones is 1. The average molecular weight is 555 g/mol. The molecule has 0 radical (unpaired) electrons. The second-order valence-electron chi connectivity index (χ2n) is 12.2. The van der Waals surface area contributed by atoms with Crippen LogP contribution in [0.5, 0.6) is 0 Å². The first-order chi connectivity index (χ1) is 18.9. The Morgan fingerprint density at radius 1 is 1.15 bits per heavy atom. The number of Topliss-reactive ketones (excluding diaryl/α,β-unsaturated/α-hetero) is 1. The van der Waals surface area contributed by atoms with Gasteiger partial charge in [0.15, 0.2) is 17.0 Å². The van der Waals surface area contributed by atoms with Gasteiger partial charge in [-0.1, -0.05) is 56.8 Å². The molecule has 1 unspecified atom stereocenters. The lowest BCUT2D eigenvalue weighted by Gasteiger charge is -2.61. The van der Waals surface area contributed by atoms with Gasteiger partial charge in [0, 0.05) is 29.7 Å². The maximum absolute atomic E-state index is 13.7. The first-order valence-corrected chi connectivity index (χ1v) is 13.8. The standard InChI is InChI=1S/C30H34O10/c1-6-19(32)36-22-16(5)29-18-12-15(4)21(33)27(18,35)25(34)26(13-31)23(37-26)20(29)24-28(22,14(2)3)39-30(38-24,40-29)17-10-8-7-9-11-17/h7-12,16,18,20,22-25,31,34-35H,2,6,13H2,1,3-5H3/t16-,18-,20+,22-,23+,24-,25-,26+,27-,28+,29+,30?/m1/s1. The molecule has 214 valence electrons. The Morgan fingerprint density at radius 3 is 2.48 bits per heavy atom. The molecule has 3 saturated heterocycles. The number of rotatable bonds is 5. The molecule has 3 bridgehead atoms. The number of carbonyl (C=O) groups is 2. The van der Waals surface area contributed by atoms with Crippen LogP contribution in [0.4, 0.5) is 0 Å². The summed E-state index contributed by atoms with van der Waals surface area (Å²) in [5.74, 6) is -5.55. The molecule has 0 aromatic heterocycles. The summed E-state index contributed by atoms with van der Waals surface area (Å²) in [5, 5.41) is 34.5. The number of esters is 1. The molecule has 10 heteroatoms. The summed E-state index contributed by atoms with van der Waals surface area (Å²) in [7, 11) is 0. The number of benzene rings is 1. The fraction of sp³-hybridized carbons (Fsp3) is 0.600. The van der Waals surface area contributed by atoms with Crippen LogP contribution >= 0.6 is 0 Å². The van der Waals surface area contributed by atoms with Gasteiger partial charge < -0.3 is 39.0 Å². The number of hydrogen-bond donors (Lipinski definition) is 3. The normalized spacial score (nSPS) is 51.3. The number of carbonyl (C=O) groups excluding carboxylic acids is 2. The minimum atomic E-state index is -2.39. The van der Waals surface area contributed by atoms with Crippen LogP contribution in [0, 0.1) is 17.8 Å². The molecule has 3 heterocycles. The van der Waals surface area contributed by atoms with E-state index in [0.717, 1.165) is 0 Å². The third-order valence-corrected chi connectivity index (χ3v) is 10.4. The number of aliphatic hydroxyl groups excluding tert-OH is 2. The van der Waals surface area contributed by atoms with Gasteiger partial charge in [0.2, 0.25) is 0 Å². The van der Waals surface area contributed by atoms with E-state index in [9.17, 15) is 24.9 Å². The number of hydrogen-bond acceptors (Lipinski definition) is 10. The molecular formula is C30H34O10. The van der Waals surface area contributed by atoms with Crippen molar-refractivity contribution in [2.45, 2.75) is 86.9 Å². The second kappa shape index (κ2) is 7.89. The Kier molecular flexibility index (Phi) is 5.22. The van der Waals surface area contributed by atoms with E-state index in [1.54, 1.807) is 39.0 Å². The molecular weight excluding hydrogens is 520 g/mol. The maximum atomic E-state index is 13.7. The van der Waals surface area contributed by atoms with Crippen LogP contribution in [0.25, 0.3) is 0 Å². The highest BCUT2D eigenvalue weighted by atomic mass is 16.9. The van der Waals surface area contributed by atoms with Crippen LogP contribution in [0.1, 0.15) is 39.7 Å². The average Bonchev–Trinajstić information content (AvgIpc) is 3.57. The Morgan fingerprint density at radius 2 is 1.85 bits per heavy atom. The number of aliphatic hydroxyl groups is 3. The predicted molar refractivity (Wildman–Crippen MR) is 136 cm³/mol. The van der Waals surface area contributed by atoms with E-state index in [-0.39, 0.29) is 12.0 Å². The summed E-state index contributed by atoms with van der Waals surface area (Å²) >= 11 is 0. The summed E-state index contributed by atoms with van der Waals surface area (Å²) in [6, 6.07) is 9.02. The molecule has 3 aliphatic carbocycles. The molecule has 2 saturated carbocycles. The Labute approximate surface area is 231 Å². The van der Waals surface area contributed by atoms with E-state index in [2.05, 4.69) is 6.58 Å². The molecule has 3 aliphatic heterocycles. The quantitative estimate of drug-likeness (QED) is 0.276. The third-order valence-electron chi connectivity index (χ3n) is 10.4. The molecule has 1 aromatic rings. The topological polar surface area (TPSA) is 144 Å². The van der Waals surface area contributed by atoms with Gasteiger partial charge in [-0.05, 0) is 25.0 Å². The van der Waals surface area contributed by atoms with Crippen LogP contribution in [-0.2, 0) is 39.2 Å². The molecule has 1 aromatic carbocycles. The van der Waals surface area contributed by atoms with Crippen molar-refractivity contribution in [3.63, 3.8) is 0 Å². The van der Waals surface area contributed by atoms with Crippen molar-refractivity contribution in [3.8, 4) is 0 Å². The van der Waals surface area contributed by atoms with E-state index in [4.69, 9.17) is 23.7 Å². The monoisotopic (exact) mass is 554 g/mol. The van der Waals surface area contributed by atoms with Gasteiger partial charge in [0.25, 0.3) is 0 Å². The zero-order chi connectivity index (χ0) is 28.6. The van der Waals surface area contributed by atoms with Crippen molar-refractivity contribution in [2.24, 2.45) is 17.8 Å². The van der Waals surface area contributed by atoms with Crippen molar-refractivity contribution in [1.82, 2.24) is 0 Å². The van der Waals surface area contributed by atoms with Crippen LogP contribution in [0.15, 0.2) is 54.1 Å². The first kappa shape index (κ1) is 26.5. The van der Waals surface area contributed by atoms with Crippen LogP contribution in [0.3, 0.4) is 0 Å². The predicted octanol–water partition coefficient (Wildman–Crippen LogP) is 1.26. The molecule has 40 heavy (non-hydrogen) atoms. The van der Waals surface area contributed by atoms with Crippen LogP contribution in [0.2, 0.25) is 0 Å². The molecule has 12 atom stereocenters. The van der Waals surface area contributed by atoms with Gasteiger partial charge in [-0.25, -0.2) is 0 Å². The fourth-order valence-electron chi connectivity index (χ4n) is 8.53. The Bertz CT molecular complexity index is 1360. The van der Waals surface area contributed by atoms with Gasteiger partial charge in [-0.15, -0.1) is 0 Å². The van der Waals surface area contributed by atoms with E-state index in [1.165, 1.54) is 0 Å². The zero-order valence-corrected chi connectivity index (χ0v) is 22.8. The molecule has 7 rings (SSSR count). The second-order valence-corrected chi connectivity index (χ2v) is 12.2. The Balaban J connectivity index is 1.56. The van der Waals surface area contributed by atoms with Crippen molar-refractivity contribution < 1.29 is 48.6 Å². The molecule has 0 spiro atoms. The first-order valence-electron chi connectivity index (χ1n) is 13.8. The summed E-state index contributed by atoms with van der Waals surface area (Å²) in [6.45, 7) is 10.5.